The van der Waals surface area contributed by atoms with Crippen LogP contribution in [0.5, 0.6) is 0 Å². The number of pyridine rings is 1. The lowest BCUT2D eigenvalue weighted by Gasteiger charge is -2.08. The zero-order chi connectivity index (χ0) is 16.4. The summed E-state index contributed by atoms with van der Waals surface area (Å²) in [6.45, 7) is 4.04. The van der Waals surface area contributed by atoms with E-state index in [4.69, 9.17) is 5.11 Å². The Kier molecular flexibility index (Phi) is 4.58. The maximum atomic E-state index is 13.2. The lowest BCUT2D eigenvalue weighted by molar-refractivity contribution is -0.137. The van der Waals surface area contributed by atoms with Crippen LogP contribution in [0.3, 0.4) is 0 Å². The van der Waals surface area contributed by atoms with Gasteiger partial charge in [-0.25, -0.2) is 8.78 Å². The van der Waals surface area contributed by atoms with E-state index in [1.54, 1.807) is 11.6 Å². The summed E-state index contributed by atoms with van der Waals surface area (Å²) in [6, 6.07) is 0.875. The van der Waals surface area contributed by atoms with Crippen LogP contribution in [0, 0.1) is 6.92 Å². The smallest absolute Gasteiger partial charge is 0.305 e. The molecule has 0 saturated heterocycles. The largest absolute Gasteiger partial charge is 0.481 e. The molecule has 1 N–H and O–H groups in total. The van der Waals surface area contributed by atoms with Gasteiger partial charge in [0.05, 0.1) is 6.42 Å². The second kappa shape index (κ2) is 6.25. The number of aliphatic carboxylic acids is 1. The highest BCUT2D eigenvalue weighted by Gasteiger charge is 2.21. The number of hydrogen-bond donors (Lipinski definition) is 1. The van der Waals surface area contributed by atoms with Crippen molar-refractivity contribution >= 4 is 17.0 Å². The zero-order valence-electron chi connectivity index (χ0n) is 12.3. The van der Waals surface area contributed by atoms with Crippen LogP contribution < -0.4 is 5.56 Å². The van der Waals surface area contributed by atoms with Crippen molar-refractivity contribution in [2.24, 2.45) is 0 Å². The summed E-state index contributed by atoms with van der Waals surface area (Å²) in [5.74, 6) is -1.07. The molecule has 0 amide bonds. The molecule has 8 heteroatoms. The Hall–Kier alpha value is -2.25. The summed E-state index contributed by atoms with van der Waals surface area (Å²) in [5.41, 5.74) is -0.345. The fraction of sp³-hybridized carbons (Fsp3) is 0.500. The number of carboxylic acids is 1. The Labute approximate surface area is 125 Å². The predicted octanol–water partition coefficient (Wildman–Crippen LogP) is 2.33. The SMILES string of the molecule is CCCn1nc2c(c(C(F)F)cc(=O)n2CCC(=O)O)c1C. The van der Waals surface area contributed by atoms with Gasteiger partial charge in [-0.3, -0.25) is 18.8 Å². The van der Waals surface area contributed by atoms with E-state index in [-0.39, 0.29) is 29.6 Å². The monoisotopic (exact) mass is 313 g/mol. The number of hydrogen-bond acceptors (Lipinski definition) is 3. The third-order valence-corrected chi connectivity index (χ3v) is 3.50. The highest BCUT2D eigenvalue weighted by atomic mass is 19.3. The molecule has 6 nitrogen and oxygen atoms in total. The fourth-order valence-corrected chi connectivity index (χ4v) is 2.47. The van der Waals surface area contributed by atoms with Crippen molar-refractivity contribution in [1.29, 1.82) is 0 Å². The van der Waals surface area contributed by atoms with Crippen molar-refractivity contribution < 1.29 is 18.7 Å². The van der Waals surface area contributed by atoms with Crippen molar-refractivity contribution in [2.75, 3.05) is 0 Å². The molecule has 2 aromatic rings. The zero-order valence-corrected chi connectivity index (χ0v) is 12.3. The highest BCUT2D eigenvalue weighted by Crippen LogP contribution is 2.28. The molecule has 0 aliphatic heterocycles. The van der Waals surface area contributed by atoms with Crippen LogP contribution in [0.1, 0.15) is 37.4 Å². The minimum absolute atomic E-state index is 0.100. The van der Waals surface area contributed by atoms with Crippen molar-refractivity contribution in [3.8, 4) is 0 Å². The predicted molar refractivity (Wildman–Crippen MR) is 76.2 cm³/mol. The van der Waals surface area contributed by atoms with Crippen LogP contribution in [0.2, 0.25) is 0 Å². The van der Waals surface area contributed by atoms with Crippen LogP contribution in [-0.4, -0.2) is 25.4 Å². The normalized spacial score (nSPS) is 11.5. The van der Waals surface area contributed by atoms with Crippen LogP contribution >= 0.6 is 0 Å². The first kappa shape index (κ1) is 16.1. The standard InChI is InChI=1S/C14H17F2N3O3/c1-3-5-19-8(2)12-9(13(15)16)7-10(20)18(14(12)17-19)6-4-11(21)22/h7,13H,3-6H2,1-2H3,(H,21,22). The van der Waals surface area contributed by atoms with Crippen molar-refractivity contribution in [2.45, 2.75) is 46.2 Å². The molecular formula is C14H17F2N3O3. The van der Waals surface area contributed by atoms with Gasteiger partial charge >= 0.3 is 5.97 Å². The number of carboxylic acid groups (broad SMARTS) is 1. The quantitative estimate of drug-likeness (QED) is 0.888. The van der Waals surface area contributed by atoms with E-state index in [9.17, 15) is 18.4 Å². The van der Waals surface area contributed by atoms with Crippen molar-refractivity contribution in [1.82, 2.24) is 14.3 Å². The van der Waals surface area contributed by atoms with E-state index in [1.807, 2.05) is 6.92 Å². The van der Waals surface area contributed by atoms with Gasteiger partial charge in [-0.05, 0) is 13.3 Å². The first-order chi connectivity index (χ1) is 10.4. The Morgan fingerprint density at radius 2 is 2.09 bits per heavy atom. The molecule has 0 aliphatic rings. The van der Waals surface area contributed by atoms with Gasteiger partial charge in [0, 0.05) is 35.8 Å². The lowest BCUT2D eigenvalue weighted by Crippen LogP contribution is -2.22. The third-order valence-electron chi connectivity index (χ3n) is 3.50. The first-order valence-electron chi connectivity index (χ1n) is 6.97. The summed E-state index contributed by atoms with van der Waals surface area (Å²) in [4.78, 5) is 22.7. The summed E-state index contributed by atoms with van der Waals surface area (Å²) in [6.07, 6.45) is -2.30. The van der Waals surface area contributed by atoms with Crippen molar-refractivity contribution in [3.63, 3.8) is 0 Å². The van der Waals surface area contributed by atoms with E-state index in [2.05, 4.69) is 5.10 Å². The molecule has 2 heterocycles. The van der Waals surface area contributed by atoms with E-state index < -0.39 is 18.0 Å². The van der Waals surface area contributed by atoms with Crippen LogP contribution in [0.25, 0.3) is 11.0 Å². The average molecular weight is 313 g/mol. The molecule has 0 aliphatic carbocycles. The van der Waals surface area contributed by atoms with Gasteiger partial charge in [-0.2, -0.15) is 5.10 Å². The molecule has 0 saturated carbocycles. The van der Waals surface area contributed by atoms with E-state index >= 15 is 0 Å². The number of aryl methyl sites for hydroxylation is 3. The van der Waals surface area contributed by atoms with Gasteiger partial charge in [0.15, 0.2) is 5.65 Å². The number of fused-ring (bicyclic) bond motifs is 1. The average Bonchev–Trinajstić information content (AvgIpc) is 2.74. The maximum absolute atomic E-state index is 13.2. The number of alkyl halides is 2. The molecule has 0 aromatic carbocycles. The van der Waals surface area contributed by atoms with E-state index in [1.165, 1.54) is 0 Å². The van der Waals surface area contributed by atoms with Gasteiger partial charge < -0.3 is 5.11 Å². The van der Waals surface area contributed by atoms with Crippen LogP contribution in [-0.2, 0) is 17.9 Å². The first-order valence-corrected chi connectivity index (χ1v) is 6.97. The number of halogens is 2. The summed E-state index contributed by atoms with van der Waals surface area (Å²) in [5, 5.41) is 13.2. The van der Waals surface area contributed by atoms with E-state index in [0.717, 1.165) is 17.1 Å². The number of aromatic nitrogens is 3. The minimum Gasteiger partial charge on any atom is -0.481 e. The van der Waals surface area contributed by atoms with Crippen molar-refractivity contribution in [3.05, 3.63) is 27.7 Å². The second-order valence-electron chi connectivity index (χ2n) is 5.04. The molecule has 2 rings (SSSR count). The Balaban J connectivity index is 2.73. The molecule has 2 aromatic heterocycles. The topological polar surface area (TPSA) is 77.1 Å². The molecular weight excluding hydrogens is 296 g/mol. The van der Waals surface area contributed by atoms with Gasteiger partial charge in [0.1, 0.15) is 0 Å². The highest BCUT2D eigenvalue weighted by molar-refractivity contribution is 5.82. The lowest BCUT2D eigenvalue weighted by atomic mass is 10.1. The number of rotatable bonds is 6. The van der Waals surface area contributed by atoms with Crippen LogP contribution in [0.4, 0.5) is 8.78 Å². The van der Waals surface area contributed by atoms with Gasteiger partial charge in [-0.1, -0.05) is 6.92 Å². The molecule has 0 fully saturated rings. The fourth-order valence-electron chi connectivity index (χ4n) is 2.47. The van der Waals surface area contributed by atoms with Gasteiger partial charge in [0.2, 0.25) is 0 Å². The summed E-state index contributed by atoms with van der Waals surface area (Å²) < 4.78 is 29.2. The Morgan fingerprint density at radius 3 is 2.64 bits per heavy atom. The summed E-state index contributed by atoms with van der Waals surface area (Å²) >= 11 is 0. The number of carbonyl (C=O) groups is 1. The Bertz CT molecular complexity index is 765. The molecule has 0 unspecified atom stereocenters. The molecule has 0 atom stereocenters. The minimum atomic E-state index is -2.79. The Morgan fingerprint density at radius 1 is 1.41 bits per heavy atom. The number of nitrogens with zero attached hydrogens (tertiary/aromatic N) is 3. The second-order valence-corrected chi connectivity index (χ2v) is 5.04. The van der Waals surface area contributed by atoms with Gasteiger partial charge in [-0.15, -0.1) is 0 Å². The maximum Gasteiger partial charge on any atom is 0.305 e. The van der Waals surface area contributed by atoms with Gasteiger partial charge in [0.25, 0.3) is 12.0 Å². The van der Waals surface area contributed by atoms with Crippen LogP contribution in [0.15, 0.2) is 10.9 Å². The molecule has 0 bridgehead atoms. The molecule has 0 radical (unpaired) electrons. The molecule has 22 heavy (non-hydrogen) atoms. The van der Waals surface area contributed by atoms with E-state index in [0.29, 0.717) is 12.2 Å². The third kappa shape index (κ3) is 2.86. The summed E-state index contributed by atoms with van der Waals surface area (Å²) in [7, 11) is 0. The molecule has 120 valence electrons. The molecule has 0 spiro atoms.